The minimum absolute atomic E-state index is 0.0699. The molecule has 0 aromatic heterocycles. The van der Waals surface area contributed by atoms with Crippen LogP contribution >= 0.6 is 0 Å². The van der Waals surface area contributed by atoms with Crippen LogP contribution < -0.4 is 9.50 Å². The Morgan fingerprint density at radius 3 is 2.19 bits per heavy atom. The Morgan fingerprint density at radius 2 is 1.56 bits per heavy atom. The molecule has 0 spiro atoms. The molecule has 1 atom stereocenters. The van der Waals surface area contributed by atoms with Crippen LogP contribution in [-0.4, -0.2) is 34.1 Å². The Balaban J connectivity index is 1.57. The number of ether oxygens (including phenoxy) is 2. The summed E-state index contributed by atoms with van der Waals surface area (Å²) in [6.45, 7) is 2.21. The van der Waals surface area contributed by atoms with Crippen molar-refractivity contribution in [2.45, 2.75) is 31.3 Å². The molecule has 0 aliphatic heterocycles. The van der Waals surface area contributed by atoms with Gasteiger partial charge in [-0.3, -0.25) is 4.79 Å². The lowest BCUT2D eigenvalue weighted by Crippen LogP contribution is -2.32. The van der Waals surface area contributed by atoms with Crippen molar-refractivity contribution in [3.05, 3.63) is 95.6 Å². The van der Waals surface area contributed by atoms with E-state index >= 15 is 0 Å². The molecule has 0 aliphatic rings. The summed E-state index contributed by atoms with van der Waals surface area (Å²) in [5.41, 5.74) is 2.65. The van der Waals surface area contributed by atoms with Gasteiger partial charge in [0, 0.05) is 6.54 Å². The summed E-state index contributed by atoms with van der Waals surface area (Å²) in [7, 11) is -2.64. The van der Waals surface area contributed by atoms with E-state index in [1.807, 2.05) is 37.3 Å². The molecular formula is C27H29NO7S. The van der Waals surface area contributed by atoms with Crippen LogP contribution in [0.2, 0.25) is 0 Å². The standard InChI is InChI=1S/C27H29NO7S/c1-20-8-14-25(15-9-20)36(31,32)35-24-12-10-21(11-13-24)16-23(17-26(29)33-2)18-28-27(30)34-19-22-6-4-3-5-7-22/h3-15,23H,16-19H2,1-2H3,(H,28,30). The van der Waals surface area contributed by atoms with E-state index in [9.17, 15) is 18.0 Å². The van der Waals surface area contributed by atoms with E-state index in [0.717, 1.165) is 16.7 Å². The molecule has 0 saturated carbocycles. The zero-order valence-electron chi connectivity index (χ0n) is 20.2. The maximum Gasteiger partial charge on any atom is 0.407 e. The van der Waals surface area contributed by atoms with Gasteiger partial charge in [0.05, 0.1) is 13.5 Å². The fourth-order valence-corrected chi connectivity index (χ4v) is 4.36. The normalized spacial score (nSPS) is 11.8. The summed E-state index contributed by atoms with van der Waals surface area (Å²) in [5.74, 6) is -0.486. The van der Waals surface area contributed by atoms with Crippen molar-refractivity contribution >= 4 is 22.2 Å². The number of hydrogen-bond acceptors (Lipinski definition) is 7. The molecule has 8 nitrogen and oxygen atoms in total. The number of benzene rings is 3. The third-order valence-electron chi connectivity index (χ3n) is 5.39. The van der Waals surface area contributed by atoms with Crippen molar-refractivity contribution in [2.75, 3.05) is 13.7 Å². The predicted molar refractivity (Wildman–Crippen MR) is 134 cm³/mol. The Morgan fingerprint density at radius 1 is 0.889 bits per heavy atom. The molecular weight excluding hydrogens is 482 g/mol. The fraction of sp³-hybridized carbons (Fsp3) is 0.259. The van der Waals surface area contributed by atoms with E-state index in [0.29, 0.717) is 6.42 Å². The van der Waals surface area contributed by atoms with E-state index in [-0.39, 0.29) is 36.1 Å². The van der Waals surface area contributed by atoms with Crippen LogP contribution in [0.3, 0.4) is 0 Å². The second-order valence-electron chi connectivity index (χ2n) is 8.29. The Kier molecular flexibility index (Phi) is 9.46. The van der Waals surface area contributed by atoms with E-state index in [4.69, 9.17) is 13.7 Å². The van der Waals surface area contributed by atoms with Gasteiger partial charge in [-0.05, 0) is 54.7 Å². The third kappa shape index (κ3) is 8.42. The molecule has 0 saturated heterocycles. The lowest BCUT2D eigenvalue weighted by molar-refractivity contribution is -0.141. The maximum absolute atomic E-state index is 12.5. The fourth-order valence-electron chi connectivity index (χ4n) is 3.43. The molecule has 0 aliphatic carbocycles. The number of aryl methyl sites for hydroxylation is 1. The van der Waals surface area contributed by atoms with Gasteiger partial charge in [-0.25, -0.2) is 4.79 Å². The largest absolute Gasteiger partial charge is 0.469 e. The summed E-state index contributed by atoms with van der Waals surface area (Å²) in [6, 6.07) is 22.2. The van der Waals surface area contributed by atoms with Crippen LogP contribution in [-0.2, 0) is 37.4 Å². The molecule has 3 rings (SSSR count). The summed E-state index contributed by atoms with van der Waals surface area (Å²) in [5, 5.41) is 2.69. The van der Waals surface area contributed by atoms with Gasteiger partial charge < -0.3 is 19.0 Å². The molecule has 1 unspecified atom stereocenters. The topological polar surface area (TPSA) is 108 Å². The van der Waals surface area contributed by atoms with Gasteiger partial charge in [0.2, 0.25) is 0 Å². The Bertz CT molecular complexity index is 1240. The number of nitrogens with one attached hydrogen (secondary N) is 1. The number of amides is 1. The van der Waals surface area contributed by atoms with Crippen molar-refractivity contribution in [1.82, 2.24) is 5.32 Å². The van der Waals surface area contributed by atoms with Crippen molar-refractivity contribution < 1.29 is 31.7 Å². The Hall–Kier alpha value is -3.85. The highest BCUT2D eigenvalue weighted by Crippen LogP contribution is 2.21. The molecule has 1 amide bonds. The SMILES string of the molecule is COC(=O)CC(CNC(=O)OCc1ccccc1)Cc1ccc(OS(=O)(=O)c2ccc(C)cc2)cc1. The number of methoxy groups -OCH3 is 1. The van der Waals surface area contributed by atoms with Crippen molar-refractivity contribution in [3.63, 3.8) is 0 Å². The van der Waals surface area contributed by atoms with Gasteiger partial charge in [-0.2, -0.15) is 8.42 Å². The minimum Gasteiger partial charge on any atom is -0.469 e. The van der Waals surface area contributed by atoms with Gasteiger partial charge >= 0.3 is 22.2 Å². The van der Waals surface area contributed by atoms with E-state index in [1.165, 1.54) is 19.2 Å². The molecule has 0 fully saturated rings. The number of rotatable bonds is 11. The van der Waals surface area contributed by atoms with Crippen LogP contribution in [0.4, 0.5) is 4.79 Å². The van der Waals surface area contributed by atoms with Crippen LogP contribution in [0, 0.1) is 12.8 Å². The summed E-state index contributed by atoms with van der Waals surface area (Å²) < 4.78 is 40.2. The first-order valence-corrected chi connectivity index (χ1v) is 12.8. The number of hydrogen-bond donors (Lipinski definition) is 1. The lowest BCUT2D eigenvalue weighted by Gasteiger charge is -2.17. The zero-order chi connectivity index (χ0) is 26.0. The minimum atomic E-state index is -3.95. The first kappa shape index (κ1) is 26.7. The summed E-state index contributed by atoms with van der Waals surface area (Å²) >= 11 is 0. The average molecular weight is 512 g/mol. The second-order valence-corrected chi connectivity index (χ2v) is 9.83. The van der Waals surface area contributed by atoms with Gasteiger partial charge in [-0.15, -0.1) is 0 Å². The summed E-state index contributed by atoms with van der Waals surface area (Å²) in [4.78, 5) is 24.1. The van der Waals surface area contributed by atoms with Gasteiger partial charge in [0.25, 0.3) is 0 Å². The molecule has 1 N–H and O–H groups in total. The summed E-state index contributed by atoms with van der Waals surface area (Å²) in [6.07, 6.45) is -0.0482. The van der Waals surface area contributed by atoms with Crippen molar-refractivity contribution in [2.24, 2.45) is 5.92 Å². The van der Waals surface area contributed by atoms with E-state index in [2.05, 4.69) is 5.32 Å². The van der Waals surface area contributed by atoms with Crippen molar-refractivity contribution in [3.8, 4) is 5.75 Å². The molecule has 0 bridgehead atoms. The highest BCUT2D eigenvalue weighted by Gasteiger charge is 2.19. The zero-order valence-corrected chi connectivity index (χ0v) is 21.0. The quantitative estimate of drug-likeness (QED) is 0.300. The van der Waals surface area contributed by atoms with E-state index < -0.39 is 22.2 Å². The van der Waals surface area contributed by atoms with Gasteiger partial charge in [0.1, 0.15) is 17.3 Å². The molecule has 9 heteroatoms. The number of esters is 1. The van der Waals surface area contributed by atoms with Crippen LogP contribution in [0.1, 0.15) is 23.1 Å². The van der Waals surface area contributed by atoms with Crippen LogP contribution in [0.25, 0.3) is 0 Å². The maximum atomic E-state index is 12.5. The molecule has 190 valence electrons. The Labute approximate surface area is 211 Å². The monoisotopic (exact) mass is 511 g/mol. The average Bonchev–Trinajstić information content (AvgIpc) is 2.87. The highest BCUT2D eigenvalue weighted by atomic mass is 32.2. The van der Waals surface area contributed by atoms with Crippen molar-refractivity contribution in [1.29, 1.82) is 0 Å². The second kappa shape index (κ2) is 12.7. The van der Waals surface area contributed by atoms with E-state index in [1.54, 1.807) is 36.4 Å². The molecule has 3 aromatic carbocycles. The molecule has 3 aromatic rings. The predicted octanol–water partition coefficient (Wildman–Crippen LogP) is 4.41. The molecule has 36 heavy (non-hydrogen) atoms. The van der Waals surface area contributed by atoms with Crippen LogP contribution in [0.15, 0.2) is 83.8 Å². The first-order chi connectivity index (χ1) is 17.2. The number of alkyl carbamates (subject to hydrolysis) is 1. The molecule has 0 radical (unpaired) electrons. The smallest absolute Gasteiger partial charge is 0.407 e. The first-order valence-electron chi connectivity index (χ1n) is 11.4. The molecule has 0 heterocycles. The number of carbonyl (C=O) groups excluding carboxylic acids is 2. The van der Waals surface area contributed by atoms with Crippen LogP contribution in [0.5, 0.6) is 5.75 Å². The van der Waals surface area contributed by atoms with Gasteiger partial charge in [0.15, 0.2) is 0 Å². The highest BCUT2D eigenvalue weighted by molar-refractivity contribution is 7.87. The lowest BCUT2D eigenvalue weighted by atomic mass is 9.96. The van der Waals surface area contributed by atoms with Gasteiger partial charge in [-0.1, -0.05) is 60.2 Å². The number of carbonyl (C=O) groups is 2. The third-order valence-corrected chi connectivity index (χ3v) is 6.66.